The van der Waals surface area contributed by atoms with E-state index in [1.807, 2.05) is 26.0 Å². The molecule has 2 rings (SSSR count). The summed E-state index contributed by atoms with van der Waals surface area (Å²) in [6.07, 6.45) is 0. The molecule has 2 aromatic rings. The Balaban J connectivity index is 2.40. The lowest BCUT2D eigenvalue weighted by atomic mass is 10.3. The van der Waals surface area contributed by atoms with Crippen LogP contribution in [0.4, 0.5) is 5.82 Å². The maximum atomic E-state index is 12.3. The first kappa shape index (κ1) is 14.4. The summed E-state index contributed by atoms with van der Waals surface area (Å²) in [7, 11) is 0. The normalized spacial score (nSPS) is 10.6. The summed E-state index contributed by atoms with van der Waals surface area (Å²) in [5.74, 6) is 0.251. The van der Waals surface area contributed by atoms with Crippen molar-refractivity contribution in [3.05, 3.63) is 41.0 Å². The Labute approximate surface area is 122 Å². The number of carbonyl (C=O) groups is 1. The largest absolute Gasteiger partial charge is 0.384 e. The molecular weight excluding hydrogens is 276 g/mol. The number of benzene rings is 1. The summed E-state index contributed by atoms with van der Waals surface area (Å²) >= 11 is 6.12. The monoisotopic (exact) mass is 292 g/mol. The van der Waals surface area contributed by atoms with Crippen molar-refractivity contribution < 1.29 is 4.79 Å². The fourth-order valence-electron chi connectivity index (χ4n) is 1.99. The molecule has 1 aromatic heterocycles. The number of para-hydroxylation sites is 1. The smallest absolute Gasteiger partial charge is 0.274 e. The third kappa shape index (κ3) is 2.63. The van der Waals surface area contributed by atoms with Crippen LogP contribution in [0.25, 0.3) is 5.69 Å². The topological polar surface area (TPSA) is 64.2 Å². The minimum Gasteiger partial charge on any atom is -0.384 e. The summed E-state index contributed by atoms with van der Waals surface area (Å²) in [5, 5.41) is 4.81. The zero-order chi connectivity index (χ0) is 14.7. The molecule has 0 unspecified atom stereocenters. The van der Waals surface area contributed by atoms with Crippen molar-refractivity contribution in [1.29, 1.82) is 0 Å². The van der Waals surface area contributed by atoms with Crippen LogP contribution >= 0.6 is 11.6 Å². The molecule has 0 saturated carbocycles. The van der Waals surface area contributed by atoms with E-state index in [9.17, 15) is 4.79 Å². The molecule has 6 heteroatoms. The molecule has 20 heavy (non-hydrogen) atoms. The second-order valence-electron chi connectivity index (χ2n) is 4.30. The van der Waals surface area contributed by atoms with Gasteiger partial charge in [-0.2, -0.15) is 5.10 Å². The van der Waals surface area contributed by atoms with Crippen LogP contribution in [-0.4, -0.2) is 33.7 Å². The van der Waals surface area contributed by atoms with Gasteiger partial charge in [0, 0.05) is 19.2 Å². The highest BCUT2D eigenvalue weighted by Crippen LogP contribution is 2.22. The number of nitrogen functional groups attached to an aromatic ring is 1. The number of anilines is 1. The first-order chi connectivity index (χ1) is 9.58. The molecule has 0 aliphatic carbocycles. The predicted molar refractivity (Wildman–Crippen MR) is 80.2 cm³/mol. The average molecular weight is 293 g/mol. The number of amides is 1. The van der Waals surface area contributed by atoms with Crippen molar-refractivity contribution in [2.75, 3.05) is 18.8 Å². The van der Waals surface area contributed by atoms with Crippen LogP contribution in [0, 0.1) is 0 Å². The van der Waals surface area contributed by atoms with E-state index >= 15 is 0 Å². The van der Waals surface area contributed by atoms with Crippen molar-refractivity contribution in [2.45, 2.75) is 13.8 Å². The summed E-state index contributed by atoms with van der Waals surface area (Å²) in [6, 6.07) is 8.80. The molecule has 5 nitrogen and oxygen atoms in total. The molecule has 1 amide bonds. The van der Waals surface area contributed by atoms with Crippen LogP contribution in [0.5, 0.6) is 0 Å². The molecule has 0 atom stereocenters. The highest BCUT2D eigenvalue weighted by molar-refractivity contribution is 6.32. The molecule has 0 aliphatic heterocycles. The molecule has 106 valence electrons. The van der Waals surface area contributed by atoms with Gasteiger partial charge in [0.15, 0.2) is 5.69 Å². The van der Waals surface area contributed by atoms with Crippen molar-refractivity contribution in [3.8, 4) is 5.69 Å². The number of aromatic nitrogens is 2. The molecule has 0 saturated heterocycles. The van der Waals surface area contributed by atoms with Gasteiger partial charge in [-0.1, -0.05) is 23.7 Å². The third-order valence-electron chi connectivity index (χ3n) is 3.09. The van der Waals surface area contributed by atoms with Crippen LogP contribution in [0.2, 0.25) is 5.02 Å². The van der Waals surface area contributed by atoms with Crippen LogP contribution in [0.1, 0.15) is 24.3 Å². The SMILES string of the molecule is CCN(CC)C(=O)c1cc(N)n(-c2ccccc2Cl)n1. The number of hydrogen-bond acceptors (Lipinski definition) is 3. The molecule has 0 bridgehead atoms. The molecule has 0 aliphatic rings. The lowest BCUT2D eigenvalue weighted by molar-refractivity contribution is 0.0766. The number of hydrogen-bond donors (Lipinski definition) is 1. The van der Waals surface area contributed by atoms with Gasteiger partial charge in [0.05, 0.1) is 10.7 Å². The lowest BCUT2D eigenvalue weighted by Gasteiger charge is -2.16. The fourth-order valence-corrected chi connectivity index (χ4v) is 2.21. The van der Waals surface area contributed by atoms with Crippen LogP contribution in [0.15, 0.2) is 30.3 Å². The first-order valence-corrected chi connectivity index (χ1v) is 6.86. The second-order valence-corrected chi connectivity index (χ2v) is 4.70. The summed E-state index contributed by atoms with van der Waals surface area (Å²) in [6.45, 7) is 5.12. The van der Waals surface area contributed by atoms with E-state index in [4.69, 9.17) is 17.3 Å². The van der Waals surface area contributed by atoms with Gasteiger partial charge in [0.1, 0.15) is 5.82 Å². The van der Waals surface area contributed by atoms with E-state index in [0.29, 0.717) is 35.3 Å². The van der Waals surface area contributed by atoms with Gasteiger partial charge in [-0.3, -0.25) is 4.79 Å². The van der Waals surface area contributed by atoms with Crippen molar-refractivity contribution >= 4 is 23.3 Å². The maximum Gasteiger partial charge on any atom is 0.274 e. The van der Waals surface area contributed by atoms with Gasteiger partial charge in [-0.25, -0.2) is 4.68 Å². The van der Waals surface area contributed by atoms with Gasteiger partial charge in [0.25, 0.3) is 5.91 Å². The molecule has 1 aromatic carbocycles. The number of nitrogens with two attached hydrogens (primary N) is 1. The lowest BCUT2D eigenvalue weighted by Crippen LogP contribution is -2.30. The van der Waals surface area contributed by atoms with Gasteiger partial charge in [0.2, 0.25) is 0 Å². The van der Waals surface area contributed by atoms with Crippen molar-refractivity contribution in [1.82, 2.24) is 14.7 Å². The summed E-state index contributed by atoms with van der Waals surface area (Å²) in [4.78, 5) is 13.9. The Morgan fingerprint density at radius 1 is 1.35 bits per heavy atom. The Morgan fingerprint density at radius 2 is 2.00 bits per heavy atom. The average Bonchev–Trinajstić information content (AvgIpc) is 2.82. The number of carbonyl (C=O) groups excluding carboxylic acids is 1. The molecule has 0 fully saturated rings. The molecule has 0 radical (unpaired) electrons. The zero-order valence-electron chi connectivity index (χ0n) is 11.5. The van der Waals surface area contributed by atoms with E-state index in [2.05, 4.69) is 5.10 Å². The molecule has 1 heterocycles. The second kappa shape index (κ2) is 5.96. The molecule has 0 spiro atoms. The maximum absolute atomic E-state index is 12.3. The molecule has 2 N–H and O–H groups in total. The summed E-state index contributed by atoms with van der Waals surface area (Å²) in [5.41, 5.74) is 6.92. The van der Waals surface area contributed by atoms with E-state index in [0.717, 1.165) is 0 Å². The Kier molecular flexibility index (Phi) is 4.29. The standard InChI is InChI=1S/C14H17ClN4O/c1-3-18(4-2)14(20)11-9-13(16)19(17-11)12-8-6-5-7-10(12)15/h5-9H,3-4,16H2,1-2H3. The van der Waals surface area contributed by atoms with Gasteiger partial charge in [-0.05, 0) is 26.0 Å². The highest BCUT2D eigenvalue weighted by Gasteiger charge is 2.18. The van der Waals surface area contributed by atoms with Gasteiger partial charge < -0.3 is 10.6 Å². The number of nitrogens with zero attached hydrogens (tertiary/aromatic N) is 3. The third-order valence-corrected chi connectivity index (χ3v) is 3.41. The summed E-state index contributed by atoms with van der Waals surface area (Å²) < 4.78 is 1.49. The molecular formula is C14H17ClN4O. The highest BCUT2D eigenvalue weighted by atomic mass is 35.5. The zero-order valence-corrected chi connectivity index (χ0v) is 12.3. The van der Waals surface area contributed by atoms with Crippen molar-refractivity contribution in [2.24, 2.45) is 0 Å². The number of rotatable bonds is 4. The Hall–Kier alpha value is -2.01. The van der Waals surface area contributed by atoms with Crippen LogP contribution in [0.3, 0.4) is 0 Å². The predicted octanol–water partition coefficient (Wildman–Crippen LogP) is 2.59. The Morgan fingerprint density at radius 3 is 2.60 bits per heavy atom. The van der Waals surface area contributed by atoms with Gasteiger partial charge in [-0.15, -0.1) is 0 Å². The fraction of sp³-hybridized carbons (Fsp3) is 0.286. The quantitative estimate of drug-likeness (QED) is 0.942. The minimum absolute atomic E-state index is 0.132. The van der Waals surface area contributed by atoms with Crippen molar-refractivity contribution in [3.63, 3.8) is 0 Å². The van der Waals surface area contributed by atoms with Crippen LogP contribution < -0.4 is 5.73 Å². The van der Waals surface area contributed by atoms with E-state index in [1.54, 1.807) is 23.1 Å². The van der Waals surface area contributed by atoms with Crippen LogP contribution in [-0.2, 0) is 0 Å². The van der Waals surface area contributed by atoms with E-state index < -0.39 is 0 Å². The minimum atomic E-state index is -0.132. The van der Waals surface area contributed by atoms with Gasteiger partial charge >= 0.3 is 0 Å². The Bertz CT molecular complexity index is 619. The first-order valence-electron chi connectivity index (χ1n) is 6.48. The number of halogens is 1. The van der Waals surface area contributed by atoms with E-state index in [1.165, 1.54) is 4.68 Å². The van der Waals surface area contributed by atoms with E-state index in [-0.39, 0.29) is 5.91 Å².